The van der Waals surface area contributed by atoms with Gasteiger partial charge in [-0.2, -0.15) is 0 Å². The molecule has 1 N–H and O–H groups in total. The van der Waals surface area contributed by atoms with Gasteiger partial charge in [-0.25, -0.2) is 4.39 Å². The highest BCUT2D eigenvalue weighted by Gasteiger charge is 2.18. The summed E-state index contributed by atoms with van der Waals surface area (Å²) in [5.41, 5.74) is 0. The summed E-state index contributed by atoms with van der Waals surface area (Å²) < 4.78 is 18.3. The van der Waals surface area contributed by atoms with Crippen LogP contribution in [0.25, 0.3) is 0 Å². The molecular formula is C16H28FNO2. The van der Waals surface area contributed by atoms with Gasteiger partial charge in [0.2, 0.25) is 0 Å². The van der Waals surface area contributed by atoms with Crippen LogP contribution < -0.4 is 0 Å². The standard InChI is InChI=1S/C14H22FNO2.C2H6/c1-3-4-14(12(2)15)18-10-9-16-7-5-13(11-17)6-8-16;1-2/h3-4,13,17H,1-2,5-11H2;1-2H3/b14-4+;. The van der Waals surface area contributed by atoms with Crippen LogP contribution in [0.15, 0.2) is 36.9 Å². The topological polar surface area (TPSA) is 32.7 Å². The second kappa shape index (κ2) is 11.7. The largest absolute Gasteiger partial charge is 0.489 e. The summed E-state index contributed by atoms with van der Waals surface area (Å²) in [6.45, 7) is 14.1. The zero-order valence-corrected chi connectivity index (χ0v) is 12.8. The maximum atomic E-state index is 12.9. The van der Waals surface area contributed by atoms with E-state index in [1.807, 2.05) is 13.8 Å². The van der Waals surface area contributed by atoms with E-state index in [9.17, 15) is 4.39 Å². The second-order valence-corrected chi connectivity index (χ2v) is 4.49. The van der Waals surface area contributed by atoms with Crippen LogP contribution in [0.5, 0.6) is 0 Å². The second-order valence-electron chi connectivity index (χ2n) is 4.49. The number of halogens is 1. The first-order valence-electron chi connectivity index (χ1n) is 7.31. The number of aliphatic hydroxyl groups is 1. The fourth-order valence-corrected chi connectivity index (χ4v) is 2.00. The third-order valence-corrected chi connectivity index (χ3v) is 3.17. The molecular weight excluding hydrogens is 257 g/mol. The van der Waals surface area contributed by atoms with Gasteiger partial charge in [0, 0.05) is 13.2 Å². The number of rotatable bonds is 7. The van der Waals surface area contributed by atoms with E-state index >= 15 is 0 Å². The predicted octanol–water partition coefficient (Wildman–Crippen LogP) is 3.29. The van der Waals surface area contributed by atoms with E-state index in [4.69, 9.17) is 9.84 Å². The van der Waals surface area contributed by atoms with Crippen molar-refractivity contribution in [2.75, 3.05) is 32.8 Å². The van der Waals surface area contributed by atoms with Gasteiger partial charge in [0.05, 0.1) is 0 Å². The Kier molecular flexibility index (Phi) is 11.0. The van der Waals surface area contributed by atoms with E-state index in [1.54, 1.807) is 0 Å². The molecule has 0 aromatic carbocycles. The van der Waals surface area contributed by atoms with Gasteiger partial charge in [-0.1, -0.05) is 33.1 Å². The minimum Gasteiger partial charge on any atom is -0.489 e. The van der Waals surface area contributed by atoms with Crippen LogP contribution in [0, 0.1) is 5.92 Å². The molecule has 0 aromatic rings. The number of allylic oxidation sites excluding steroid dienone is 3. The Hall–Kier alpha value is -1.13. The molecule has 1 heterocycles. The van der Waals surface area contributed by atoms with Crippen molar-refractivity contribution in [1.29, 1.82) is 0 Å². The molecule has 20 heavy (non-hydrogen) atoms. The Labute approximate surface area is 122 Å². The van der Waals surface area contributed by atoms with Gasteiger partial charge < -0.3 is 9.84 Å². The lowest BCUT2D eigenvalue weighted by Gasteiger charge is -2.30. The van der Waals surface area contributed by atoms with Crippen molar-refractivity contribution in [2.45, 2.75) is 26.7 Å². The molecule has 1 aliphatic rings. The molecule has 4 heteroatoms. The van der Waals surface area contributed by atoms with E-state index in [0.717, 1.165) is 32.5 Å². The molecule has 0 amide bonds. The van der Waals surface area contributed by atoms with E-state index in [2.05, 4.69) is 18.1 Å². The molecule has 0 bridgehead atoms. The molecule has 0 spiro atoms. The number of ether oxygens (including phenoxy) is 1. The number of hydrogen-bond acceptors (Lipinski definition) is 3. The SMILES string of the molecule is C=C/C=C(/OCCN1CCC(CO)CC1)C(=C)F.CC. The quantitative estimate of drug-likeness (QED) is 0.575. The fourth-order valence-electron chi connectivity index (χ4n) is 2.00. The summed E-state index contributed by atoms with van der Waals surface area (Å²) >= 11 is 0. The van der Waals surface area contributed by atoms with Crippen LogP contribution in [0.3, 0.4) is 0 Å². The highest BCUT2D eigenvalue weighted by molar-refractivity contribution is 5.20. The Morgan fingerprint density at radius 2 is 2.00 bits per heavy atom. The van der Waals surface area contributed by atoms with Gasteiger partial charge in [0.15, 0.2) is 11.6 Å². The lowest BCUT2D eigenvalue weighted by Crippen LogP contribution is -2.36. The molecule has 1 aliphatic heterocycles. The van der Waals surface area contributed by atoms with Crippen LogP contribution >= 0.6 is 0 Å². The number of piperidine rings is 1. The van der Waals surface area contributed by atoms with Gasteiger partial charge in [-0.05, 0) is 37.9 Å². The zero-order chi connectivity index (χ0) is 15.4. The molecule has 0 atom stereocenters. The minimum absolute atomic E-state index is 0.148. The maximum absolute atomic E-state index is 12.9. The molecule has 0 saturated carbocycles. The van der Waals surface area contributed by atoms with Crippen molar-refractivity contribution in [1.82, 2.24) is 4.90 Å². The van der Waals surface area contributed by atoms with Crippen LogP contribution in [0.4, 0.5) is 4.39 Å². The monoisotopic (exact) mass is 285 g/mol. The summed E-state index contributed by atoms with van der Waals surface area (Å²) in [6, 6.07) is 0. The Morgan fingerprint density at radius 3 is 2.45 bits per heavy atom. The molecule has 3 nitrogen and oxygen atoms in total. The number of aliphatic hydroxyl groups excluding tert-OH is 1. The summed E-state index contributed by atoms with van der Waals surface area (Å²) in [5.74, 6) is 0.00754. The van der Waals surface area contributed by atoms with Gasteiger partial charge in [0.1, 0.15) is 6.61 Å². The highest BCUT2D eigenvalue weighted by atomic mass is 19.1. The van der Waals surface area contributed by atoms with Gasteiger partial charge in [0.25, 0.3) is 0 Å². The minimum atomic E-state index is -0.575. The number of nitrogens with zero attached hydrogens (tertiary/aromatic N) is 1. The van der Waals surface area contributed by atoms with E-state index in [1.165, 1.54) is 12.2 Å². The first-order chi connectivity index (χ1) is 9.67. The van der Waals surface area contributed by atoms with Crippen LogP contribution in [0.2, 0.25) is 0 Å². The third-order valence-electron chi connectivity index (χ3n) is 3.17. The smallest absolute Gasteiger partial charge is 0.157 e. The van der Waals surface area contributed by atoms with E-state index in [-0.39, 0.29) is 12.4 Å². The van der Waals surface area contributed by atoms with Crippen molar-refractivity contribution in [3.05, 3.63) is 36.9 Å². The van der Waals surface area contributed by atoms with Crippen molar-refractivity contribution in [3.63, 3.8) is 0 Å². The Balaban J connectivity index is 0.00000172. The van der Waals surface area contributed by atoms with Crippen LogP contribution in [-0.2, 0) is 4.74 Å². The van der Waals surface area contributed by atoms with Crippen molar-refractivity contribution < 1.29 is 14.2 Å². The van der Waals surface area contributed by atoms with Gasteiger partial charge >= 0.3 is 0 Å². The first kappa shape index (κ1) is 18.9. The molecule has 1 saturated heterocycles. The van der Waals surface area contributed by atoms with Crippen LogP contribution in [-0.4, -0.2) is 42.9 Å². The molecule has 0 unspecified atom stereocenters. The van der Waals surface area contributed by atoms with Crippen molar-refractivity contribution in [3.8, 4) is 0 Å². The normalized spacial score (nSPS) is 17.1. The first-order valence-corrected chi connectivity index (χ1v) is 7.31. The summed E-state index contributed by atoms with van der Waals surface area (Å²) in [7, 11) is 0. The average molecular weight is 285 g/mol. The number of hydrogen-bond donors (Lipinski definition) is 1. The van der Waals surface area contributed by atoms with Gasteiger partial charge in [-0.3, -0.25) is 4.90 Å². The molecule has 0 aromatic heterocycles. The maximum Gasteiger partial charge on any atom is 0.157 e. The Bertz CT molecular complexity index is 308. The summed E-state index contributed by atoms with van der Waals surface area (Å²) in [4.78, 5) is 2.26. The van der Waals surface area contributed by atoms with Gasteiger partial charge in [-0.15, -0.1) is 0 Å². The fraction of sp³-hybridized carbons (Fsp3) is 0.625. The van der Waals surface area contributed by atoms with Crippen molar-refractivity contribution >= 4 is 0 Å². The third kappa shape index (κ3) is 7.46. The molecule has 116 valence electrons. The van der Waals surface area contributed by atoms with Crippen LogP contribution in [0.1, 0.15) is 26.7 Å². The highest BCUT2D eigenvalue weighted by Crippen LogP contribution is 2.16. The molecule has 0 radical (unpaired) electrons. The number of likely N-dealkylation sites (tertiary alicyclic amines) is 1. The summed E-state index contributed by atoms with van der Waals surface area (Å²) in [5, 5.41) is 9.03. The zero-order valence-electron chi connectivity index (χ0n) is 12.8. The van der Waals surface area contributed by atoms with E-state index in [0.29, 0.717) is 12.5 Å². The van der Waals surface area contributed by atoms with Crippen molar-refractivity contribution in [2.24, 2.45) is 5.92 Å². The lowest BCUT2D eigenvalue weighted by molar-refractivity contribution is 0.104. The molecule has 1 fully saturated rings. The predicted molar refractivity (Wildman–Crippen MR) is 82.1 cm³/mol. The van der Waals surface area contributed by atoms with E-state index < -0.39 is 5.83 Å². The molecule has 1 rings (SSSR count). The summed E-state index contributed by atoms with van der Waals surface area (Å²) in [6.07, 6.45) is 4.98. The lowest BCUT2D eigenvalue weighted by atomic mass is 9.98. The Morgan fingerprint density at radius 1 is 1.40 bits per heavy atom. The molecule has 0 aliphatic carbocycles. The average Bonchev–Trinajstić information content (AvgIpc) is 2.49.